The number of nitrogens with one attached hydrogen (secondary N) is 1. The number of carbonyl (C=O) groups is 1. The van der Waals surface area contributed by atoms with Crippen molar-refractivity contribution in [2.24, 2.45) is 0 Å². The van der Waals surface area contributed by atoms with Crippen LogP contribution in [0.5, 0.6) is 0 Å². The summed E-state index contributed by atoms with van der Waals surface area (Å²) in [5.74, 6) is 0.229. The zero-order valence-corrected chi connectivity index (χ0v) is 10.7. The first kappa shape index (κ1) is 13.4. The number of amides is 1. The summed E-state index contributed by atoms with van der Waals surface area (Å²) in [5.41, 5.74) is 0. The second-order valence-electron chi connectivity index (χ2n) is 4.45. The fourth-order valence-electron chi connectivity index (χ4n) is 1.88. The van der Waals surface area contributed by atoms with Gasteiger partial charge in [-0.1, -0.05) is 0 Å². The molecular formula is C10H20N2O3S. The van der Waals surface area contributed by atoms with Crippen molar-refractivity contribution < 1.29 is 13.2 Å². The Bertz CT molecular complexity index is 332. The first-order chi connectivity index (χ1) is 7.37. The summed E-state index contributed by atoms with van der Waals surface area (Å²) in [7, 11) is -2.87. The van der Waals surface area contributed by atoms with Crippen LogP contribution in [-0.4, -0.2) is 56.9 Å². The van der Waals surface area contributed by atoms with Crippen LogP contribution in [0.3, 0.4) is 0 Å². The van der Waals surface area contributed by atoms with E-state index in [0.717, 1.165) is 25.9 Å². The smallest absolute Gasteiger partial charge is 0.217 e. The lowest BCUT2D eigenvalue weighted by atomic mass is 10.1. The first-order valence-corrected chi connectivity index (χ1v) is 7.60. The second kappa shape index (κ2) is 5.63. The molecule has 1 aliphatic rings. The number of nitrogens with zero attached hydrogens (tertiary/aromatic N) is 1. The van der Waals surface area contributed by atoms with Crippen LogP contribution in [0.15, 0.2) is 0 Å². The number of likely N-dealkylation sites (tertiary alicyclic amines) is 1. The molecule has 0 aromatic rings. The van der Waals surface area contributed by atoms with Crippen LogP contribution in [0.2, 0.25) is 0 Å². The van der Waals surface area contributed by atoms with E-state index in [2.05, 4.69) is 10.2 Å². The van der Waals surface area contributed by atoms with Crippen molar-refractivity contribution in [2.45, 2.75) is 25.8 Å². The molecule has 0 atom stereocenters. The lowest BCUT2D eigenvalue weighted by Gasteiger charge is -2.31. The van der Waals surface area contributed by atoms with Gasteiger partial charge in [0.15, 0.2) is 0 Å². The number of rotatable bonds is 4. The monoisotopic (exact) mass is 248 g/mol. The highest BCUT2D eigenvalue weighted by molar-refractivity contribution is 7.90. The maximum atomic E-state index is 11.0. The van der Waals surface area contributed by atoms with E-state index in [1.807, 2.05) is 0 Å². The van der Waals surface area contributed by atoms with Crippen LogP contribution in [0, 0.1) is 0 Å². The van der Waals surface area contributed by atoms with Crippen molar-refractivity contribution in [2.75, 3.05) is 31.6 Å². The Morgan fingerprint density at radius 1 is 1.38 bits per heavy atom. The Balaban J connectivity index is 2.24. The highest BCUT2D eigenvalue weighted by atomic mass is 32.2. The minimum atomic E-state index is -2.87. The number of piperidine rings is 1. The molecule has 0 aromatic carbocycles. The van der Waals surface area contributed by atoms with Gasteiger partial charge in [0.25, 0.3) is 0 Å². The second-order valence-corrected chi connectivity index (χ2v) is 6.71. The van der Waals surface area contributed by atoms with E-state index in [-0.39, 0.29) is 17.7 Å². The van der Waals surface area contributed by atoms with Crippen molar-refractivity contribution in [3.05, 3.63) is 0 Å². The van der Waals surface area contributed by atoms with Crippen molar-refractivity contribution in [1.82, 2.24) is 10.2 Å². The quantitative estimate of drug-likeness (QED) is 0.737. The molecule has 1 N–H and O–H groups in total. The van der Waals surface area contributed by atoms with Gasteiger partial charge in [-0.2, -0.15) is 0 Å². The molecule has 1 heterocycles. The Kier molecular flexibility index (Phi) is 4.73. The molecule has 0 spiro atoms. The van der Waals surface area contributed by atoms with Crippen molar-refractivity contribution in [3.63, 3.8) is 0 Å². The lowest BCUT2D eigenvalue weighted by Crippen LogP contribution is -2.45. The highest BCUT2D eigenvalue weighted by Gasteiger charge is 2.20. The Hall–Kier alpha value is -0.620. The van der Waals surface area contributed by atoms with E-state index in [9.17, 15) is 13.2 Å². The number of hydrogen-bond donors (Lipinski definition) is 1. The molecule has 0 unspecified atom stereocenters. The molecule has 6 heteroatoms. The van der Waals surface area contributed by atoms with Crippen molar-refractivity contribution in [3.8, 4) is 0 Å². The normalized spacial score (nSPS) is 19.6. The molecule has 1 amide bonds. The third-order valence-electron chi connectivity index (χ3n) is 2.77. The van der Waals surface area contributed by atoms with Crippen LogP contribution >= 0.6 is 0 Å². The molecule has 0 aromatic heterocycles. The molecule has 1 saturated heterocycles. The molecule has 1 fully saturated rings. The topological polar surface area (TPSA) is 66.5 Å². The molecule has 1 aliphatic heterocycles. The average Bonchev–Trinajstić information content (AvgIpc) is 2.14. The van der Waals surface area contributed by atoms with Gasteiger partial charge in [0.1, 0.15) is 9.84 Å². The molecule has 94 valence electrons. The minimum Gasteiger partial charge on any atom is -0.354 e. The van der Waals surface area contributed by atoms with Crippen LogP contribution in [-0.2, 0) is 14.6 Å². The Morgan fingerprint density at radius 2 is 1.94 bits per heavy atom. The van der Waals surface area contributed by atoms with Crippen molar-refractivity contribution in [1.29, 1.82) is 0 Å². The molecular weight excluding hydrogens is 228 g/mol. The zero-order chi connectivity index (χ0) is 12.2. The fraction of sp³-hybridized carbons (Fsp3) is 0.900. The lowest BCUT2D eigenvalue weighted by molar-refractivity contribution is -0.119. The van der Waals surface area contributed by atoms with Crippen LogP contribution in [0.1, 0.15) is 19.8 Å². The van der Waals surface area contributed by atoms with Gasteiger partial charge >= 0.3 is 0 Å². The standard InChI is InChI=1S/C10H20N2O3S/c1-9(13)11-10-3-5-12(6-4-10)7-8-16(2,14)15/h10H,3-8H2,1-2H3,(H,11,13). The van der Waals surface area contributed by atoms with Crippen LogP contribution < -0.4 is 5.32 Å². The van der Waals surface area contributed by atoms with Crippen molar-refractivity contribution >= 4 is 15.7 Å². The van der Waals surface area contributed by atoms with Crippen LogP contribution in [0.25, 0.3) is 0 Å². The van der Waals surface area contributed by atoms with E-state index in [0.29, 0.717) is 6.54 Å². The average molecular weight is 248 g/mol. The highest BCUT2D eigenvalue weighted by Crippen LogP contribution is 2.10. The third-order valence-corrected chi connectivity index (χ3v) is 3.70. The summed E-state index contributed by atoms with van der Waals surface area (Å²) in [4.78, 5) is 13.0. The SMILES string of the molecule is CC(=O)NC1CCN(CCS(C)(=O)=O)CC1. The van der Waals surface area contributed by atoms with E-state index < -0.39 is 9.84 Å². The van der Waals surface area contributed by atoms with Gasteiger partial charge in [-0.05, 0) is 12.8 Å². The minimum absolute atomic E-state index is 0.00888. The van der Waals surface area contributed by atoms with Gasteiger partial charge in [-0.15, -0.1) is 0 Å². The molecule has 0 radical (unpaired) electrons. The predicted molar refractivity (Wildman–Crippen MR) is 63.0 cm³/mol. The maximum Gasteiger partial charge on any atom is 0.217 e. The van der Waals surface area contributed by atoms with Crippen LogP contribution in [0.4, 0.5) is 0 Å². The molecule has 5 nitrogen and oxygen atoms in total. The van der Waals surface area contributed by atoms with E-state index in [4.69, 9.17) is 0 Å². The Morgan fingerprint density at radius 3 is 2.38 bits per heavy atom. The maximum absolute atomic E-state index is 11.0. The zero-order valence-electron chi connectivity index (χ0n) is 9.90. The summed E-state index contributed by atoms with van der Waals surface area (Å²) < 4.78 is 22.0. The Labute approximate surface area is 97.1 Å². The molecule has 0 bridgehead atoms. The predicted octanol–water partition coefficient (Wildman–Crippen LogP) is -0.368. The molecule has 1 rings (SSSR count). The largest absolute Gasteiger partial charge is 0.354 e. The molecule has 0 saturated carbocycles. The summed E-state index contributed by atoms with van der Waals surface area (Å²) in [6.07, 6.45) is 3.07. The molecule has 0 aliphatic carbocycles. The summed E-state index contributed by atoms with van der Waals surface area (Å²) in [6.45, 7) is 3.85. The van der Waals surface area contributed by atoms with Gasteiger partial charge in [0.2, 0.25) is 5.91 Å². The van der Waals surface area contributed by atoms with Gasteiger partial charge in [0, 0.05) is 38.9 Å². The van der Waals surface area contributed by atoms with E-state index >= 15 is 0 Å². The summed E-state index contributed by atoms with van der Waals surface area (Å²) in [6, 6.07) is 0.256. The van der Waals surface area contributed by atoms with E-state index in [1.165, 1.54) is 13.2 Å². The molecule has 16 heavy (non-hydrogen) atoms. The van der Waals surface area contributed by atoms with Gasteiger partial charge in [-0.3, -0.25) is 4.79 Å². The van der Waals surface area contributed by atoms with Gasteiger partial charge < -0.3 is 10.2 Å². The number of sulfone groups is 1. The number of hydrogen-bond acceptors (Lipinski definition) is 4. The van der Waals surface area contributed by atoms with E-state index in [1.54, 1.807) is 0 Å². The first-order valence-electron chi connectivity index (χ1n) is 5.54. The summed E-state index contributed by atoms with van der Waals surface area (Å²) in [5, 5.41) is 2.89. The fourth-order valence-corrected chi connectivity index (χ4v) is 2.47. The summed E-state index contributed by atoms with van der Waals surface area (Å²) >= 11 is 0. The van der Waals surface area contributed by atoms with Gasteiger partial charge in [-0.25, -0.2) is 8.42 Å². The van der Waals surface area contributed by atoms with Gasteiger partial charge in [0.05, 0.1) is 5.75 Å². The third kappa shape index (κ3) is 5.46. The number of carbonyl (C=O) groups excluding carboxylic acids is 1.